The summed E-state index contributed by atoms with van der Waals surface area (Å²) in [7, 11) is 0. The predicted octanol–water partition coefficient (Wildman–Crippen LogP) is 1.23. The van der Waals surface area contributed by atoms with Gasteiger partial charge in [-0.1, -0.05) is 25.8 Å². The predicted molar refractivity (Wildman–Crippen MR) is 61.2 cm³/mol. The molecule has 0 heterocycles. The van der Waals surface area contributed by atoms with Crippen LogP contribution in [0.25, 0.3) is 0 Å². The molecule has 0 unspecified atom stereocenters. The second-order valence-electron chi connectivity index (χ2n) is 2.75. The Hall–Kier alpha value is 0.00870. The van der Waals surface area contributed by atoms with E-state index in [0.29, 0.717) is 6.61 Å². The van der Waals surface area contributed by atoms with Crippen molar-refractivity contribution in [1.82, 2.24) is 0 Å². The summed E-state index contributed by atoms with van der Waals surface area (Å²) in [5, 5.41) is 0. The van der Waals surface area contributed by atoms with Crippen LogP contribution in [0.5, 0.6) is 0 Å². The van der Waals surface area contributed by atoms with Crippen molar-refractivity contribution in [3.8, 4) is 0 Å². The van der Waals surface area contributed by atoms with E-state index in [4.69, 9.17) is 4.74 Å². The minimum absolute atomic E-state index is 0. The third kappa shape index (κ3) is 8.34. The average molecular weight is 293 g/mol. The van der Waals surface area contributed by atoms with E-state index in [-0.39, 0.29) is 29.9 Å². The molecule has 0 aliphatic heterocycles. The Labute approximate surface area is 97.7 Å². The van der Waals surface area contributed by atoms with Gasteiger partial charge in [-0.25, -0.2) is 4.79 Å². The Morgan fingerprint density at radius 2 is 2.00 bits per heavy atom. The van der Waals surface area contributed by atoms with Crippen LogP contribution in [0.3, 0.4) is 0 Å². The molecule has 0 saturated carbocycles. The first-order chi connectivity index (χ1) is 5.72. The van der Waals surface area contributed by atoms with Crippen LogP contribution in [0.1, 0.15) is 40.0 Å². The molecular weight excluding hydrogens is 271 g/mol. The molecule has 0 bridgehead atoms. The standard InChI is InChI=1S/C10H18O2.Sn.4H/c1-4-6-7-8-9(3)10(11)12-5-2;;;;;/h8H,4-7H2,1-3H3;;;;;. The van der Waals surface area contributed by atoms with Crippen LogP contribution in [0.4, 0.5) is 0 Å². The first-order valence-corrected chi connectivity index (χ1v) is 4.56. The molecule has 78 valence electrons. The molecule has 3 heteroatoms. The number of rotatable bonds is 5. The van der Waals surface area contributed by atoms with Gasteiger partial charge in [-0.15, -0.1) is 0 Å². The molecular formula is C10H22O2Sn. The maximum absolute atomic E-state index is 11.0. The maximum atomic E-state index is 11.0. The third-order valence-corrected chi connectivity index (χ3v) is 1.61. The fourth-order valence-corrected chi connectivity index (χ4v) is 0.851. The van der Waals surface area contributed by atoms with E-state index >= 15 is 0 Å². The van der Waals surface area contributed by atoms with Crippen LogP contribution < -0.4 is 0 Å². The molecule has 0 rings (SSSR count). The first kappa shape index (κ1) is 15.5. The van der Waals surface area contributed by atoms with Crippen molar-refractivity contribution in [3.05, 3.63) is 11.6 Å². The molecule has 0 aromatic carbocycles. The number of carbonyl (C=O) groups is 1. The summed E-state index contributed by atoms with van der Waals surface area (Å²) >= 11 is 0. The molecule has 0 saturated heterocycles. The second kappa shape index (κ2) is 10.1. The van der Waals surface area contributed by atoms with Crippen LogP contribution in [0, 0.1) is 0 Å². The summed E-state index contributed by atoms with van der Waals surface area (Å²) in [5.41, 5.74) is 0.727. The first-order valence-electron chi connectivity index (χ1n) is 4.56. The third-order valence-electron chi connectivity index (χ3n) is 1.61. The number of esters is 1. The van der Waals surface area contributed by atoms with E-state index in [1.165, 1.54) is 0 Å². The SMILES string of the molecule is CCCCC=C(C)C(=O)OCC.[SnH4]. The number of carbonyl (C=O) groups excluding carboxylic acids is 1. The van der Waals surface area contributed by atoms with Crippen molar-refractivity contribution in [2.45, 2.75) is 40.0 Å². The monoisotopic (exact) mass is 294 g/mol. The molecule has 0 radical (unpaired) electrons. The Bertz CT molecular complexity index is 164. The molecule has 0 spiro atoms. The zero-order valence-corrected chi connectivity index (χ0v) is 8.22. The van der Waals surface area contributed by atoms with Crippen molar-refractivity contribution in [1.29, 1.82) is 0 Å². The van der Waals surface area contributed by atoms with Gasteiger partial charge in [0.15, 0.2) is 0 Å². The van der Waals surface area contributed by atoms with Crippen LogP contribution >= 0.6 is 0 Å². The zero-order valence-electron chi connectivity index (χ0n) is 8.22. The van der Waals surface area contributed by atoms with Crippen molar-refractivity contribution in [3.63, 3.8) is 0 Å². The Morgan fingerprint density at radius 3 is 2.46 bits per heavy atom. The van der Waals surface area contributed by atoms with Gasteiger partial charge in [0.2, 0.25) is 0 Å². The molecule has 0 aromatic heterocycles. The fraction of sp³-hybridized carbons (Fsp3) is 0.700. The number of unbranched alkanes of at least 4 members (excludes halogenated alkanes) is 2. The van der Waals surface area contributed by atoms with Gasteiger partial charge in [-0.05, 0) is 20.3 Å². The summed E-state index contributed by atoms with van der Waals surface area (Å²) in [6, 6.07) is 0. The number of hydrogen-bond donors (Lipinski definition) is 0. The van der Waals surface area contributed by atoms with E-state index in [9.17, 15) is 4.79 Å². The zero-order chi connectivity index (χ0) is 9.40. The molecule has 13 heavy (non-hydrogen) atoms. The Morgan fingerprint density at radius 1 is 1.38 bits per heavy atom. The van der Waals surface area contributed by atoms with E-state index in [2.05, 4.69) is 6.92 Å². The number of hydrogen-bond acceptors (Lipinski definition) is 2. The van der Waals surface area contributed by atoms with Crippen LogP contribution in [0.2, 0.25) is 0 Å². The molecule has 0 fully saturated rings. The van der Waals surface area contributed by atoms with Gasteiger partial charge in [0.1, 0.15) is 0 Å². The number of ether oxygens (including phenoxy) is 1. The van der Waals surface area contributed by atoms with E-state index < -0.39 is 0 Å². The van der Waals surface area contributed by atoms with Crippen LogP contribution in [-0.4, -0.2) is 36.5 Å². The normalized spacial score (nSPS) is 10.5. The Balaban J connectivity index is 0. The van der Waals surface area contributed by atoms with Gasteiger partial charge >= 0.3 is 29.9 Å². The van der Waals surface area contributed by atoms with E-state index in [0.717, 1.165) is 24.8 Å². The summed E-state index contributed by atoms with van der Waals surface area (Å²) in [5.74, 6) is -0.186. The molecule has 0 aliphatic rings. The van der Waals surface area contributed by atoms with Gasteiger partial charge in [0, 0.05) is 5.57 Å². The summed E-state index contributed by atoms with van der Waals surface area (Å²) in [4.78, 5) is 11.0. The topological polar surface area (TPSA) is 26.3 Å². The summed E-state index contributed by atoms with van der Waals surface area (Å²) in [6.07, 6.45) is 5.21. The van der Waals surface area contributed by atoms with E-state index in [1.807, 2.05) is 13.0 Å². The second-order valence-corrected chi connectivity index (χ2v) is 2.75. The van der Waals surface area contributed by atoms with Gasteiger partial charge in [-0.2, -0.15) is 0 Å². The van der Waals surface area contributed by atoms with Crippen molar-refractivity contribution >= 4 is 29.9 Å². The summed E-state index contributed by atoms with van der Waals surface area (Å²) < 4.78 is 4.83. The van der Waals surface area contributed by atoms with Gasteiger partial charge in [-0.3, -0.25) is 0 Å². The van der Waals surface area contributed by atoms with Crippen molar-refractivity contribution < 1.29 is 9.53 Å². The molecule has 0 aromatic rings. The average Bonchev–Trinajstić information content (AvgIpc) is 2.05. The van der Waals surface area contributed by atoms with Gasteiger partial charge in [0.25, 0.3) is 0 Å². The van der Waals surface area contributed by atoms with Gasteiger partial charge < -0.3 is 4.74 Å². The Kier molecular flexibility index (Phi) is 12.0. The molecule has 0 aliphatic carbocycles. The van der Waals surface area contributed by atoms with Crippen molar-refractivity contribution in [2.24, 2.45) is 0 Å². The summed E-state index contributed by atoms with van der Waals surface area (Å²) in [6.45, 7) is 6.20. The number of allylic oxidation sites excluding steroid dienone is 1. The minimum atomic E-state index is -0.186. The molecule has 2 nitrogen and oxygen atoms in total. The van der Waals surface area contributed by atoms with Crippen LogP contribution in [0.15, 0.2) is 11.6 Å². The quantitative estimate of drug-likeness (QED) is 0.330. The van der Waals surface area contributed by atoms with E-state index in [1.54, 1.807) is 6.92 Å². The molecule has 0 atom stereocenters. The van der Waals surface area contributed by atoms with Crippen LogP contribution in [-0.2, 0) is 9.53 Å². The van der Waals surface area contributed by atoms with Gasteiger partial charge in [0.05, 0.1) is 6.61 Å². The fourth-order valence-electron chi connectivity index (χ4n) is 0.851. The molecule has 0 N–H and O–H groups in total. The van der Waals surface area contributed by atoms with Crippen molar-refractivity contribution in [2.75, 3.05) is 6.61 Å². The molecule has 0 amide bonds.